The molecule has 0 unspecified atom stereocenters. The van der Waals surface area contributed by atoms with Gasteiger partial charge in [0.25, 0.3) is 0 Å². The van der Waals surface area contributed by atoms with Crippen molar-refractivity contribution >= 4 is 0 Å². The standard InChI is InChI=1S/C23H32N4/c1-25-16-11-23(12-17-25)19-27(15-5-14-26(23)2)18-20-7-9-21(10-8-20)22-6-3-4-13-24-22/h3-4,6-10,13H,5,11-12,14-19H2,1-2H3. The maximum atomic E-state index is 4.46. The van der Waals surface area contributed by atoms with Gasteiger partial charge in [0.15, 0.2) is 0 Å². The van der Waals surface area contributed by atoms with Crippen LogP contribution in [0.5, 0.6) is 0 Å². The van der Waals surface area contributed by atoms with Gasteiger partial charge in [0.05, 0.1) is 5.69 Å². The highest BCUT2D eigenvalue weighted by Crippen LogP contribution is 2.31. The minimum absolute atomic E-state index is 0.358. The lowest BCUT2D eigenvalue weighted by Crippen LogP contribution is -2.57. The Morgan fingerprint density at radius 2 is 1.70 bits per heavy atom. The van der Waals surface area contributed by atoms with Crippen LogP contribution in [0.3, 0.4) is 0 Å². The summed E-state index contributed by atoms with van der Waals surface area (Å²) in [6.07, 6.45) is 5.70. The quantitative estimate of drug-likeness (QED) is 0.833. The lowest BCUT2D eigenvalue weighted by molar-refractivity contribution is 0.0337. The molecule has 4 heteroatoms. The normalized spacial score (nSPS) is 22.0. The van der Waals surface area contributed by atoms with Crippen molar-refractivity contribution in [1.82, 2.24) is 19.7 Å². The Labute approximate surface area is 163 Å². The summed E-state index contributed by atoms with van der Waals surface area (Å²) in [5, 5.41) is 0. The fourth-order valence-electron chi connectivity index (χ4n) is 4.67. The van der Waals surface area contributed by atoms with E-state index in [4.69, 9.17) is 0 Å². The highest BCUT2D eigenvalue weighted by atomic mass is 15.3. The second kappa shape index (κ2) is 8.09. The van der Waals surface area contributed by atoms with Crippen molar-refractivity contribution in [3.8, 4) is 11.3 Å². The Morgan fingerprint density at radius 3 is 2.41 bits per heavy atom. The van der Waals surface area contributed by atoms with Crippen molar-refractivity contribution in [2.45, 2.75) is 31.3 Å². The van der Waals surface area contributed by atoms with Gasteiger partial charge in [-0.3, -0.25) is 14.8 Å². The van der Waals surface area contributed by atoms with Crippen LogP contribution in [0.4, 0.5) is 0 Å². The molecule has 0 atom stereocenters. The highest BCUT2D eigenvalue weighted by molar-refractivity contribution is 5.58. The van der Waals surface area contributed by atoms with E-state index in [1.165, 1.54) is 63.1 Å². The summed E-state index contributed by atoms with van der Waals surface area (Å²) in [7, 11) is 4.60. The molecule has 0 bridgehead atoms. The molecule has 0 amide bonds. The molecule has 4 rings (SSSR count). The lowest BCUT2D eigenvalue weighted by Gasteiger charge is -2.47. The van der Waals surface area contributed by atoms with Gasteiger partial charge in [-0.1, -0.05) is 30.3 Å². The molecule has 0 radical (unpaired) electrons. The van der Waals surface area contributed by atoms with Gasteiger partial charge in [0.1, 0.15) is 0 Å². The summed E-state index contributed by atoms with van der Waals surface area (Å²) in [5.41, 5.74) is 4.01. The fourth-order valence-corrected chi connectivity index (χ4v) is 4.67. The van der Waals surface area contributed by atoms with Crippen LogP contribution in [0.2, 0.25) is 0 Å². The molecule has 2 aliphatic heterocycles. The van der Waals surface area contributed by atoms with Crippen LogP contribution >= 0.6 is 0 Å². The number of piperidine rings is 1. The van der Waals surface area contributed by atoms with Crippen LogP contribution in [-0.2, 0) is 6.54 Å². The molecule has 144 valence electrons. The second-order valence-electron chi connectivity index (χ2n) is 8.43. The molecule has 0 saturated carbocycles. The molecule has 27 heavy (non-hydrogen) atoms. The van der Waals surface area contributed by atoms with Gasteiger partial charge >= 0.3 is 0 Å². The van der Waals surface area contributed by atoms with E-state index in [0.29, 0.717) is 5.54 Å². The number of rotatable bonds is 3. The lowest BCUT2D eigenvalue weighted by atomic mass is 9.85. The van der Waals surface area contributed by atoms with Crippen LogP contribution in [0.25, 0.3) is 11.3 Å². The first-order valence-electron chi connectivity index (χ1n) is 10.3. The number of hydrogen-bond acceptors (Lipinski definition) is 4. The molecule has 1 aromatic heterocycles. The number of likely N-dealkylation sites (N-methyl/N-ethyl adjacent to an activating group) is 1. The number of likely N-dealkylation sites (tertiary alicyclic amines) is 1. The molecular formula is C23H32N4. The fraction of sp³-hybridized carbons (Fsp3) is 0.522. The summed E-state index contributed by atoms with van der Waals surface area (Å²) in [6, 6.07) is 15.1. The molecule has 2 saturated heterocycles. The molecule has 2 aliphatic rings. The zero-order valence-electron chi connectivity index (χ0n) is 16.8. The number of benzene rings is 1. The number of nitrogens with zero attached hydrogens (tertiary/aromatic N) is 4. The van der Waals surface area contributed by atoms with Crippen molar-refractivity contribution in [1.29, 1.82) is 0 Å². The maximum Gasteiger partial charge on any atom is 0.0701 e. The first kappa shape index (κ1) is 18.6. The Balaban J connectivity index is 1.45. The topological polar surface area (TPSA) is 22.6 Å². The van der Waals surface area contributed by atoms with E-state index in [1.54, 1.807) is 0 Å². The molecule has 2 aromatic rings. The molecular weight excluding hydrogens is 332 g/mol. The van der Waals surface area contributed by atoms with E-state index in [0.717, 1.165) is 12.2 Å². The molecule has 1 spiro atoms. The maximum absolute atomic E-state index is 4.46. The molecule has 3 heterocycles. The van der Waals surface area contributed by atoms with E-state index in [2.05, 4.69) is 64.1 Å². The molecule has 1 aromatic carbocycles. The highest BCUT2D eigenvalue weighted by Gasteiger charge is 2.40. The van der Waals surface area contributed by atoms with E-state index in [-0.39, 0.29) is 0 Å². The first-order valence-corrected chi connectivity index (χ1v) is 10.3. The van der Waals surface area contributed by atoms with Crippen molar-refractivity contribution in [3.63, 3.8) is 0 Å². The van der Waals surface area contributed by atoms with Gasteiger partial charge < -0.3 is 4.90 Å². The van der Waals surface area contributed by atoms with Crippen LogP contribution in [0.15, 0.2) is 48.7 Å². The van der Waals surface area contributed by atoms with Gasteiger partial charge in [-0.05, 0) is 77.2 Å². The smallest absolute Gasteiger partial charge is 0.0701 e. The van der Waals surface area contributed by atoms with E-state index in [1.807, 2.05) is 18.3 Å². The third kappa shape index (κ3) is 4.23. The first-order chi connectivity index (χ1) is 13.1. The van der Waals surface area contributed by atoms with Gasteiger partial charge in [-0.25, -0.2) is 0 Å². The number of pyridine rings is 1. The van der Waals surface area contributed by atoms with Gasteiger partial charge in [0, 0.05) is 30.4 Å². The zero-order chi connectivity index (χ0) is 18.7. The van der Waals surface area contributed by atoms with Gasteiger partial charge in [-0.15, -0.1) is 0 Å². The predicted octanol–water partition coefficient (Wildman–Crippen LogP) is 3.35. The van der Waals surface area contributed by atoms with Crippen LogP contribution in [-0.4, -0.2) is 72.0 Å². The second-order valence-corrected chi connectivity index (χ2v) is 8.43. The summed E-state index contributed by atoms with van der Waals surface area (Å²) in [5.74, 6) is 0. The summed E-state index contributed by atoms with van der Waals surface area (Å²) >= 11 is 0. The van der Waals surface area contributed by atoms with Crippen LogP contribution in [0.1, 0.15) is 24.8 Å². The van der Waals surface area contributed by atoms with Crippen LogP contribution < -0.4 is 0 Å². The summed E-state index contributed by atoms with van der Waals surface area (Å²) in [6.45, 7) is 7.10. The van der Waals surface area contributed by atoms with Crippen molar-refractivity contribution < 1.29 is 0 Å². The average Bonchev–Trinajstić information content (AvgIpc) is 2.85. The number of aromatic nitrogens is 1. The molecule has 4 nitrogen and oxygen atoms in total. The molecule has 2 fully saturated rings. The van der Waals surface area contributed by atoms with Gasteiger partial charge in [-0.2, -0.15) is 0 Å². The molecule has 0 N–H and O–H groups in total. The SMILES string of the molecule is CN1CCC2(CC1)CN(Cc1ccc(-c3ccccn3)cc1)CCCN2C. The minimum Gasteiger partial charge on any atom is -0.306 e. The van der Waals surface area contributed by atoms with E-state index >= 15 is 0 Å². The van der Waals surface area contributed by atoms with Crippen LogP contribution in [0, 0.1) is 0 Å². The molecule has 0 aliphatic carbocycles. The third-order valence-electron chi connectivity index (χ3n) is 6.53. The monoisotopic (exact) mass is 364 g/mol. The van der Waals surface area contributed by atoms with Gasteiger partial charge in [0.2, 0.25) is 0 Å². The van der Waals surface area contributed by atoms with Crippen molar-refractivity contribution in [2.75, 3.05) is 46.8 Å². The average molecular weight is 365 g/mol. The Bertz CT molecular complexity index is 720. The van der Waals surface area contributed by atoms with E-state index < -0.39 is 0 Å². The number of hydrogen-bond donors (Lipinski definition) is 0. The Morgan fingerprint density at radius 1 is 0.926 bits per heavy atom. The third-order valence-corrected chi connectivity index (χ3v) is 6.53. The van der Waals surface area contributed by atoms with E-state index in [9.17, 15) is 0 Å². The predicted molar refractivity (Wildman–Crippen MR) is 112 cm³/mol. The van der Waals surface area contributed by atoms with Crippen molar-refractivity contribution in [3.05, 3.63) is 54.2 Å². The Hall–Kier alpha value is -1.75. The van der Waals surface area contributed by atoms with Crippen molar-refractivity contribution in [2.24, 2.45) is 0 Å². The minimum atomic E-state index is 0.358. The summed E-state index contributed by atoms with van der Waals surface area (Å²) < 4.78 is 0. The Kier molecular flexibility index (Phi) is 5.58. The summed E-state index contributed by atoms with van der Waals surface area (Å²) in [4.78, 5) is 12.3. The largest absolute Gasteiger partial charge is 0.306 e. The zero-order valence-corrected chi connectivity index (χ0v) is 16.8.